The molecule has 0 spiro atoms. The maximum absolute atomic E-state index is 17.0. The number of aromatic nitrogens is 3. The topological polar surface area (TPSA) is 171 Å². The number of nitrogens with zero attached hydrogens (tertiary/aromatic N) is 5. The predicted molar refractivity (Wildman–Crippen MR) is 181 cm³/mol. The van der Waals surface area contributed by atoms with Crippen molar-refractivity contribution in [3.8, 4) is 29.6 Å². The first-order chi connectivity index (χ1) is 24.2. The molecule has 12 nitrogen and oxygen atoms in total. The number of ether oxygens (including phenoxy) is 2. The molecule has 2 unspecified atom stereocenters. The van der Waals surface area contributed by atoms with Crippen LogP contribution in [0, 0.1) is 35.3 Å². The average Bonchev–Trinajstić information content (AvgIpc) is 3.88. The Bertz CT molecular complexity index is 2120. The van der Waals surface area contributed by atoms with Gasteiger partial charge in [0.15, 0.2) is 19.5 Å². The number of hydrogen-bond donors (Lipinski definition) is 5. The zero-order chi connectivity index (χ0) is 36.5. The highest BCUT2D eigenvalue weighted by molar-refractivity contribution is 6.12. The number of fused-ring (bicyclic) bond motifs is 3. The van der Waals surface area contributed by atoms with Crippen LogP contribution in [0.2, 0.25) is 0 Å². The zero-order valence-electron chi connectivity index (χ0n) is 27.5. The summed E-state index contributed by atoms with van der Waals surface area (Å²) in [5.74, 6) is -4.95. The normalized spacial score (nSPS) is 23.9. The summed E-state index contributed by atoms with van der Waals surface area (Å²) in [6.07, 6.45) is 7.54. The van der Waals surface area contributed by atoms with Crippen LogP contribution in [0.4, 0.5) is 24.7 Å². The highest BCUT2D eigenvalue weighted by Crippen LogP contribution is 2.47. The predicted octanol–water partition coefficient (Wildman–Crippen LogP) is 2.65. The lowest BCUT2D eigenvalue weighted by molar-refractivity contribution is -0.348. The number of pyridine rings is 1. The van der Waals surface area contributed by atoms with Crippen molar-refractivity contribution < 1.29 is 43.1 Å². The third-order valence-corrected chi connectivity index (χ3v) is 10.3. The summed E-state index contributed by atoms with van der Waals surface area (Å²) in [6.45, 7) is 2.19. The van der Waals surface area contributed by atoms with Gasteiger partial charge in [-0.15, -0.1) is 6.42 Å². The van der Waals surface area contributed by atoms with Gasteiger partial charge in [-0.2, -0.15) is 9.97 Å². The number of nitrogens with two attached hydrogens (primary N) is 1. The standard InChI is InChI=1S/C35H34BF3N6O6/c1-3-22-25(38)5-4-18-12-21(40)14-23(27(18)22)29-28(39)30-24(16-41-29)31(45-10-11-50-17-19-13-26(19)45)43-32(42-30)51-34(46,47)33(2)7-9-44(35(36,48)49)8-6-20(33)15-37/h1,4-5,12,14-16,19,26,46-49H,6-11,13,17,40H2,2H3/b20-15-/t19?,26?,33-/m0/s1. The molecule has 3 aliphatic rings. The van der Waals surface area contributed by atoms with Gasteiger partial charge in [-0.3, -0.25) is 9.88 Å². The zero-order valence-corrected chi connectivity index (χ0v) is 27.5. The summed E-state index contributed by atoms with van der Waals surface area (Å²) >= 11 is 0. The summed E-state index contributed by atoms with van der Waals surface area (Å²) in [5, 5.41) is 43.8. The van der Waals surface area contributed by atoms with Crippen molar-refractivity contribution in [2.75, 3.05) is 43.5 Å². The van der Waals surface area contributed by atoms with Crippen molar-refractivity contribution >= 4 is 41.0 Å². The molecule has 0 bridgehead atoms. The first-order valence-corrected chi connectivity index (χ1v) is 16.3. The molecule has 16 heteroatoms. The highest BCUT2D eigenvalue weighted by atomic mass is 19.1. The number of anilines is 2. The lowest BCUT2D eigenvalue weighted by atomic mass is 9.76. The summed E-state index contributed by atoms with van der Waals surface area (Å²) in [5.41, 5.74) is 3.76. The molecule has 2 radical (unpaired) electrons. The number of halogens is 3. The Labute approximate surface area is 291 Å². The van der Waals surface area contributed by atoms with Gasteiger partial charge >= 0.3 is 12.0 Å². The molecular weight excluding hydrogens is 668 g/mol. The van der Waals surface area contributed by atoms with Crippen molar-refractivity contribution in [3.05, 3.63) is 59.6 Å². The van der Waals surface area contributed by atoms with E-state index in [1.54, 1.807) is 6.07 Å². The van der Waals surface area contributed by atoms with Crippen LogP contribution in [-0.2, 0) is 4.74 Å². The van der Waals surface area contributed by atoms with Gasteiger partial charge in [0.05, 0.1) is 35.9 Å². The van der Waals surface area contributed by atoms with E-state index in [1.165, 1.54) is 31.3 Å². The monoisotopic (exact) mass is 702 g/mol. The van der Waals surface area contributed by atoms with Crippen molar-refractivity contribution in [3.63, 3.8) is 0 Å². The first kappa shape index (κ1) is 34.9. The number of likely N-dealkylation sites (tertiary alicyclic amines) is 1. The van der Waals surface area contributed by atoms with Crippen LogP contribution in [0.3, 0.4) is 0 Å². The van der Waals surface area contributed by atoms with Crippen LogP contribution in [0.15, 0.2) is 42.4 Å². The van der Waals surface area contributed by atoms with Crippen molar-refractivity contribution in [2.24, 2.45) is 11.3 Å². The number of terminal acetylenes is 1. The van der Waals surface area contributed by atoms with E-state index in [0.29, 0.717) is 25.1 Å². The van der Waals surface area contributed by atoms with E-state index in [9.17, 15) is 29.2 Å². The van der Waals surface area contributed by atoms with Crippen LogP contribution in [0.1, 0.15) is 31.7 Å². The SMILES string of the molecule is [B]C(O)(O)N1CC/C(=C/F)[C@@](C)(C(O)(O)Oc2nc(N3CCOCC4CC43)c3cnc(-c4cc(N)cc5ccc(F)c(C#C)c45)c(F)c3n2)CC1. The molecule has 2 aromatic heterocycles. The van der Waals surface area contributed by atoms with Gasteiger partial charge in [-0.1, -0.05) is 12.0 Å². The van der Waals surface area contributed by atoms with Crippen LogP contribution >= 0.6 is 0 Å². The summed E-state index contributed by atoms with van der Waals surface area (Å²) in [6, 6.07) is 4.97. The second-order valence-electron chi connectivity index (χ2n) is 13.4. The molecule has 2 aromatic carbocycles. The average molecular weight is 702 g/mol. The smallest absolute Gasteiger partial charge is 0.334 e. The number of nitrogen functional groups attached to an aromatic ring is 1. The third kappa shape index (κ3) is 6.03. The maximum atomic E-state index is 17.0. The van der Waals surface area contributed by atoms with E-state index in [0.717, 1.165) is 11.3 Å². The molecule has 0 amide bonds. The molecule has 6 N–H and O–H groups in total. The molecule has 3 fully saturated rings. The fraction of sp³-hybridized carbons (Fsp3) is 0.400. The van der Waals surface area contributed by atoms with Crippen LogP contribution in [0.5, 0.6) is 6.01 Å². The second-order valence-corrected chi connectivity index (χ2v) is 13.4. The lowest BCUT2D eigenvalue weighted by Crippen LogP contribution is -2.54. The second kappa shape index (κ2) is 12.6. The summed E-state index contributed by atoms with van der Waals surface area (Å²) < 4.78 is 57.6. The Morgan fingerprint density at radius 2 is 1.96 bits per heavy atom. The Kier molecular flexibility index (Phi) is 8.64. The number of hydrogen-bond acceptors (Lipinski definition) is 12. The molecule has 2 aliphatic heterocycles. The molecule has 1 saturated carbocycles. The molecule has 2 saturated heterocycles. The van der Waals surface area contributed by atoms with Gasteiger partial charge in [0.2, 0.25) is 0 Å². The third-order valence-electron chi connectivity index (χ3n) is 10.3. The molecule has 264 valence electrons. The number of benzene rings is 2. The van der Waals surface area contributed by atoms with Gasteiger partial charge in [0.1, 0.15) is 22.8 Å². The largest absolute Gasteiger partial charge is 0.405 e. The lowest BCUT2D eigenvalue weighted by Gasteiger charge is -2.40. The van der Waals surface area contributed by atoms with E-state index in [-0.39, 0.29) is 94.4 Å². The van der Waals surface area contributed by atoms with E-state index >= 15 is 4.39 Å². The Morgan fingerprint density at radius 3 is 2.69 bits per heavy atom. The van der Waals surface area contributed by atoms with Crippen molar-refractivity contribution in [2.45, 2.75) is 44.0 Å². The molecule has 3 atom stereocenters. The van der Waals surface area contributed by atoms with E-state index < -0.39 is 34.8 Å². The molecule has 4 heterocycles. The van der Waals surface area contributed by atoms with Crippen LogP contribution in [0.25, 0.3) is 32.9 Å². The Morgan fingerprint density at radius 1 is 1.18 bits per heavy atom. The van der Waals surface area contributed by atoms with Gasteiger partial charge in [0, 0.05) is 54.4 Å². The van der Waals surface area contributed by atoms with E-state index in [2.05, 4.69) is 20.9 Å². The van der Waals surface area contributed by atoms with E-state index in [1.807, 2.05) is 4.90 Å². The van der Waals surface area contributed by atoms with E-state index in [4.69, 9.17) is 29.5 Å². The maximum Gasteiger partial charge on any atom is 0.334 e. The molecule has 51 heavy (non-hydrogen) atoms. The molecule has 4 aromatic rings. The van der Waals surface area contributed by atoms with Gasteiger partial charge in [0.25, 0.3) is 0 Å². The van der Waals surface area contributed by atoms with Crippen molar-refractivity contribution in [1.29, 1.82) is 0 Å². The summed E-state index contributed by atoms with van der Waals surface area (Å²) in [7, 11) is 5.44. The van der Waals surface area contributed by atoms with Gasteiger partial charge in [-0.05, 0) is 55.3 Å². The van der Waals surface area contributed by atoms with Gasteiger partial charge in [-0.25, -0.2) is 13.2 Å². The quantitative estimate of drug-likeness (QED) is 0.0863. The minimum Gasteiger partial charge on any atom is -0.405 e. The van der Waals surface area contributed by atoms with Crippen molar-refractivity contribution in [1.82, 2.24) is 19.9 Å². The van der Waals surface area contributed by atoms with Crippen LogP contribution in [-0.4, -0.2) is 98.8 Å². The van der Waals surface area contributed by atoms with Crippen LogP contribution < -0.4 is 15.4 Å². The highest BCUT2D eigenvalue weighted by Gasteiger charge is 2.54. The minimum atomic E-state index is -3.21. The molecule has 7 rings (SSSR count). The number of rotatable bonds is 6. The Hall–Kier alpha value is -4.50. The molecule has 1 aliphatic carbocycles. The fourth-order valence-corrected chi connectivity index (χ4v) is 7.16. The number of aliphatic hydroxyl groups is 4. The van der Waals surface area contributed by atoms with Gasteiger partial charge < -0.3 is 40.5 Å². The first-order valence-electron chi connectivity index (χ1n) is 16.3. The minimum absolute atomic E-state index is 0.0202. The fourth-order valence-electron chi connectivity index (χ4n) is 7.16. The molecular formula is C35H34BF3N6O6. The Balaban J connectivity index is 1.39. The summed E-state index contributed by atoms with van der Waals surface area (Å²) in [4.78, 5) is 16.2.